The number of morpholine rings is 1. The Labute approximate surface area is 112 Å². The van der Waals surface area contributed by atoms with Crippen LogP contribution in [0, 0.1) is 0 Å². The van der Waals surface area contributed by atoms with Gasteiger partial charge in [0.05, 0.1) is 13.2 Å². The number of hydrogen-bond acceptors (Lipinski definition) is 3. The molecule has 0 aromatic carbocycles. The van der Waals surface area contributed by atoms with Crippen molar-refractivity contribution in [2.45, 2.75) is 0 Å². The summed E-state index contributed by atoms with van der Waals surface area (Å²) in [6.07, 6.45) is 0. The van der Waals surface area contributed by atoms with E-state index < -0.39 is 0 Å². The molecule has 1 N–H and O–H groups in total. The number of carbonyl (C=O) groups excluding carboxylic acids is 1. The number of amides is 1. The Balaban J connectivity index is 1.79. The molecule has 2 aliphatic carbocycles. The van der Waals surface area contributed by atoms with Crippen LogP contribution in [0.25, 0.3) is 11.1 Å². The molecule has 0 unspecified atom stereocenters. The van der Waals surface area contributed by atoms with E-state index in [-0.39, 0.29) is 5.91 Å². The van der Waals surface area contributed by atoms with Crippen LogP contribution >= 0.6 is 0 Å². The summed E-state index contributed by atoms with van der Waals surface area (Å²) in [6, 6.07) is 13.7. The summed E-state index contributed by atoms with van der Waals surface area (Å²) in [6.45, 7) is 2.80. The van der Waals surface area contributed by atoms with Gasteiger partial charge >= 0.3 is 0 Å². The first kappa shape index (κ1) is 12.1. The SMILES string of the molecule is O=C(NN1CCOCC1)c1ccc2cccccc1-2. The maximum absolute atomic E-state index is 12.3. The van der Waals surface area contributed by atoms with Gasteiger partial charge in [0.2, 0.25) is 0 Å². The molecule has 0 aromatic heterocycles. The molecule has 1 saturated heterocycles. The summed E-state index contributed by atoms with van der Waals surface area (Å²) >= 11 is 0. The zero-order valence-corrected chi connectivity index (χ0v) is 10.6. The molecular formula is C15H16N2O2. The Bertz CT molecular complexity index is 550. The predicted octanol–water partition coefficient (Wildman–Crippen LogP) is 1.77. The van der Waals surface area contributed by atoms with Crippen molar-refractivity contribution in [3.05, 3.63) is 48.0 Å². The highest BCUT2D eigenvalue weighted by molar-refractivity contribution is 6.01. The Morgan fingerprint density at radius 1 is 1.05 bits per heavy atom. The smallest absolute Gasteiger partial charge is 0.266 e. The molecule has 0 atom stereocenters. The predicted molar refractivity (Wildman–Crippen MR) is 72.9 cm³/mol. The van der Waals surface area contributed by atoms with Crippen LogP contribution in [0.15, 0.2) is 42.5 Å². The standard InChI is InChI=1S/C15H16N2O2/c18-15(16-17-8-10-19-11-9-17)14-7-6-12-4-2-1-3-5-13(12)14/h1-7H,8-11H2,(H,16,18). The average Bonchev–Trinajstić information content (AvgIpc) is 2.69. The second kappa shape index (κ2) is 5.38. The monoisotopic (exact) mass is 256 g/mol. The molecule has 1 amide bonds. The molecule has 3 rings (SSSR count). The first-order valence-electron chi connectivity index (χ1n) is 6.46. The van der Waals surface area contributed by atoms with Crippen LogP contribution in [0.4, 0.5) is 0 Å². The Hall–Kier alpha value is -1.91. The minimum absolute atomic E-state index is 0.0527. The third-order valence-corrected chi connectivity index (χ3v) is 3.31. The van der Waals surface area contributed by atoms with Gasteiger partial charge in [0, 0.05) is 18.7 Å². The van der Waals surface area contributed by atoms with Gasteiger partial charge in [-0.1, -0.05) is 36.4 Å². The Kier molecular flexibility index (Phi) is 3.44. The van der Waals surface area contributed by atoms with Gasteiger partial charge in [0.1, 0.15) is 0 Å². The van der Waals surface area contributed by atoms with Gasteiger partial charge in [-0.2, -0.15) is 0 Å². The van der Waals surface area contributed by atoms with Gasteiger partial charge in [-0.25, -0.2) is 5.01 Å². The Morgan fingerprint density at radius 3 is 2.68 bits per heavy atom. The van der Waals surface area contributed by atoms with E-state index in [0.29, 0.717) is 13.2 Å². The van der Waals surface area contributed by atoms with Crippen LogP contribution in [0.3, 0.4) is 0 Å². The van der Waals surface area contributed by atoms with Crippen molar-refractivity contribution >= 4 is 5.91 Å². The van der Waals surface area contributed by atoms with E-state index in [2.05, 4.69) is 5.43 Å². The van der Waals surface area contributed by atoms with Crippen molar-refractivity contribution < 1.29 is 9.53 Å². The summed E-state index contributed by atoms with van der Waals surface area (Å²) in [5.41, 5.74) is 5.72. The number of hydrogen-bond donors (Lipinski definition) is 1. The van der Waals surface area contributed by atoms with Gasteiger partial charge in [0.25, 0.3) is 5.91 Å². The highest BCUT2D eigenvalue weighted by atomic mass is 16.5. The largest absolute Gasteiger partial charge is 0.379 e. The molecule has 1 aliphatic heterocycles. The molecule has 0 radical (unpaired) electrons. The van der Waals surface area contributed by atoms with Crippen molar-refractivity contribution in [2.24, 2.45) is 0 Å². The fourth-order valence-corrected chi connectivity index (χ4v) is 2.29. The second-order valence-electron chi connectivity index (χ2n) is 4.57. The normalized spacial score (nSPS) is 16.4. The maximum atomic E-state index is 12.3. The van der Waals surface area contributed by atoms with E-state index in [4.69, 9.17) is 4.74 Å². The lowest BCUT2D eigenvalue weighted by atomic mass is 10.1. The molecular weight excluding hydrogens is 240 g/mol. The maximum Gasteiger partial charge on any atom is 0.266 e. The zero-order valence-electron chi connectivity index (χ0n) is 10.6. The molecule has 1 heterocycles. The van der Waals surface area contributed by atoms with Crippen LogP contribution in [0.1, 0.15) is 10.4 Å². The number of carbonyl (C=O) groups is 1. The minimum Gasteiger partial charge on any atom is -0.379 e. The van der Waals surface area contributed by atoms with E-state index in [1.807, 2.05) is 47.5 Å². The highest BCUT2D eigenvalue weighted by Gasteiger charge is 2.18. The number of rotatable bonds is 2. The lowest BCUT2D eigenvalue weighted by molar-refractivity contribution is 0.0126. The summed E-state index contributed by atoms with van der Waals surface area (Å²) < 4.78 is 5.26. The van der Waals surface area contributed by atoms with Gasteiger partial charge < -0.3 is 4.74 Å². The van der Waals surface area contributed by atoms with Crippen LogP contribution in [-0.2, 0) is 4.74 Å². The van der Waals surface area contributed by atoms with Crippen molar-refractivity contribution in [2.75, 3.05) is 26.3 Å². The first-order chi connectivity index (χ1) is 9.34. The molecule has 4 heteroatoms. The average molecular weight is 256 g/mol. The van der Waals surface area contributed by atoms with Crippen LogP contribution < -0.4 is 5.43 Å². The minimum atomic E-state index is -0.0527. The molecule has 3 aliphatic rings. The number of hydrazine groups is 1. The quantitative estimate of drug-likeness (QED) is 0.890. The van der Waals surface area contributed by atoms with Crippen molar-refractivity contribution in [1.29, 1.82) is 0 Å². The van der Waals surface area contributed by atoms with Gasteiger partial charge in [-0.05, 0) is 17.2 Å². The molecule has 0 bridgehead atoms. The highest BCUT2D eigenvalue weighted by Crippen LogP contribution is 2.26. The van der Waals surface area contributed by atoms with E-state index in [1.165, 1.54) is 0 Å². The number of fused-ring (bicyclic) bond motifs is 1. The van der Waals surface area contributed by atoms with Crippen LogP contribution in [0.5, 0.6) is 0 Å². The molecule has 0 spiro atoms. The van der Waals surface area contributed by atoms with Crippen molar-refractivity contribution in [3.8, 4) is 11.1 Å². The van der Waals surface area contributed by atoms with Gasteiger partial charge in [-0.3, -0.25) is 10.2 Å². The fourth-order valence-electron chi connectivity index (χ4n) is 2.29. The lowest BCUT2D eigenvalue weighted by Crippen LogP contribution is -2.48. The van der Waals surface area contributed by atoms with E-state index in [9.17, 15) is 4.79 Å². The number of nitrogens with one attached hydrogen (secondary N) is 1. The van der Waals surface area contributed by atoms with Gasteiger partial charge in [0.15, 0.2) is 0 Å². The molecule has 1 fully saturated rings. The lowest BCUT2D eigenvalue weighted by Gasteiger charge is -2.26. The van der Waals surface area contributed by atoms with E-state index in [1.54, 1.807) is 0 Å². The summed E-state index contributed by atoms with van der Waals surface area (Å²) in [4.78, 5) is 12.3. The summed E-state index contributed by atoms with van der Waals surface area (Å²) in [7, 11) is 0. The van der Waals surface area contributed by atoms with Crippen molar-refractivity contribution in [1.82, 2.24) is 10.4 Å². The topological polar surface area (TPSA) is 41.6 Å². The molecule has 4 nitrogen and oxygen atoms in total. The fraction of sp³-hybridized carbons (Fsp3) is 0.267. The van der Waals surface area contributed by atoms with Crippen LogP contribution in [0.2, 0.25) is 0 Å². The Morgan fingerprint density at radius 2 is 1.84 bits per heavy atom. The number of nitrogens with zero attached hydrogens (tertiary/aromatic N) is 1. The first-order valence-corrected chi connectivity index (χ1v) is 6.46. The summed E-state index contributed by atoms with van der Waals surface area (Å²) in [5, 5.41) is 1.91. The molecule has 0 saturated carbocycles. The van der Waals surface area contributed by atoms with Gasteiger partial charge in [-0.15, -0.1) is 0 Å². The van der Waals surface area contributed by atoms with E-state index >= 15 is 0 Å². The number of ether oxygens (including phenoxy) is 1. The summed E-state index contributed by atoms with van der Waals surface area (Å²) in [5.74, 6) is -0.0527. The molecule has 98 valence electrons. The third kappa shape index (κ3) is 2.59. The van der Waals surface area contributed by atoms with Crippen molar-refractivity contribution in [3.63, 3.8) is 0 Å². The molecule has 19 heavy (non-hydrogen) atoms. The zero-order chi connectivity index (χ0) is 13.1. The third-order valence-electron chi connectivity index (χ3n) is 3.31. The van der Waals surface area contributed by atoms with E-state index in [0.717, 1.165) is 29.8 Å². The molecule has 0 aromatic rings. The second-order valence-corrected chi connectivity index (χ2v) is 4.57. The van der Waals surface area contributed by atoms with Crippen LogP contribution in [-0.4, -0.2) is 37.2 Å².